The molecule has 1 heterocycles. The van der Waals surface area contributed by atoms with Gasteiger partial charge < -0.3 is 10.2 Å². The first-order valence-electron chi connectivity index (χ1n) is 9.17. The number of phenols is 1. The number of aliphatic hydroxyl groups is 1. The van der Waals surface area contributed by atoms with Gasteiger partial charge in [-0.3, -0.25) is 4.79 Å². The highest BCUT2D eigenvalue weighted by Crippen LogP contribution is 2.42. The number of benzene rings is 2. The number of phenolic OH excluding ortho intramolecular Hbond substituents is 1. The van der Waals surface area contributed by atoms with Crippen molar-refractivity contribution in [3.63, 3.8) is 0 Å². The highest BCUT2D eigenvalue weighted by molar-refractivity contribution is 6.98. The van der Waals surface area contributed by atoms with Gasteiger partial charge in [-0.25, -0.2) is 4.39 Å². The zero-order valence-electron chi connectivity index (χ0n) is 16.0. The van der Waals surface area contributed by atoms with Gasteiger partial charge in [-0.1, -0.05) is 31.3 Å². The second-order valence-electron chi connectivity index (χ2n) is 7.85. The normalized spacial score (nSPS) is 17.3. The maximum absolute atomic E-state index is 14.6. The number of carbonyl (C=O) groups is 1. The van der Waals surface area contributed by atoms with Gasteiger partial charge in [-0.15, -0.1) is 0 Å². The van der Waals surface area contributed by atoms with Crippen LogP contribution >= 0.6 is 0 Å². The monoisotopic (exact) mass is 392 g/mol. The summed E-state index contributed by atoms with van der Waals surface area (Å²) in [4.78, 5) is 12.1. The maximum atomic E-state index is 14.6. The molecule has 0 saturated heterocycles. The standard InChI is InChI=1S/C23H21FO3Si/c1-13-8-14(12-25)20(24)11-19(13)23-17-6-4-15(26)9-21(17)28(2,3)22-10-16(27)5-7-18(22)23/h4-11,25-26H,12H2,1-3H3. The van der Waals surface area contributed by atoms with Crippen LogP contribution in [-0.2, 0) is 11.4 Å². The highest BCUT2D eigenvalue weighted by atomic mass is 28.3. The number of hydrogen-bond donors (Lipinski definition) is 2. The van der Waals surface area contributed by atoms with Crippen LogP contribution in [0.2, 0.25) is 13.1 Å². The zero-order chi connectivity index (χ0) is 20.2. The summed E-state index contributed by atoms with van der Waals surface area (Å²) in [6.45, 7) is 5.84. The fourth-order valence-corrected chi connectivity index (χ4v) is 7.30. The lowest BCUT2D eigenvalue weighted by Crippen LogP contribution is -2.49. The molecule has 28 heavy (non-hydrogen) atoms. The van der Waals surface area contributed by atoms with Crippen LogP contribution < -0.4 is 5.19 Å². The van der Waals surface area contributed by atoms with Gasteiger partial charge in [-0.2, -0.15) is 0 Å². The summed E-state index contributed by atoms with van der Waals surface area (Å²) in [5.74, 6) is -0.334. The van der Waals surface area contributed by atoms with Crippen LogP contribution in [0.15, 0.2) is 59.3 Å². The first kappa shape index (κ1) is 18.6. The van der Waals surface area contributed by atoms with Crippen molar-refractivity contribution in [2.45, 2.75) is 26.6 Å². The third kappa shape index (κ3) is 2.70. The van der Waals surface area contributed by atoms with Gasteiger partial charge in [0, 0.05) is 5.56 Å². The molecule has 3 nitrogen and oxygen atoms in total. The van der Waals surface area contributed by atoms with E-state index in [0.717, 1.165) is 38.2 Å². The average molecular weight is 393 g/mol. The van der Waals surface area contributed by atoms with Gasteiger partial charge in [0.2, 0.25) is 0 Å². The Morgan fingerprint density at radius 3 is 2.54 bits per heavy atom. The van der Waals surface area contributed by atoms with Gasteiger partial charge in [0.1, 0.15) is 19.6 Å². The smallest absolute Gasteiger partial charge is 0.178 e. The lowest BCUT2D eigenvalue weighted by Gasteiger charge is -2.37. The van der Waals surface area contributed by atoms with Crippen LogP contribution in [0.4, 0.5) is 4.39 Å². The molecule has 2 aromatic carbocycles. The molecule has 0 radical (unpaired) electrons. The Kier molecular flexibility index (Phi) is 4.25. The van der Waals surface area contributed by atoms with E-state index in [-0.39, 0.29) is 23.7 Å². The molecule has 0 saturated carbocycles. The lowest BCUT2D eigenvalue weighted by atomic mass is 9.87. The number of fused-ring (bicyclic) bond motifs is 2. The number of ketones is 1. The van der Waals surface area contributed by atoms with E-state index in [1.807, 2.05) is 19.1 Å². The van der Waals surface area contributed by atoms with Gasteiger partial charge in [0.05, 0.1) is 6.61 Å². The number of halogens is 1. The van der Waals surface area contributed by atoms with E-state index in [1.54, 1.807) is 30.4 Å². The van der Waals surface area contributed by atoms with E-state index in [2.05, 4.69) is 13.1 Å². The molecule has 5 heteroatoms. The molecule has 0 bridgehead atoms. The van der Waals surface area contributed by atoms with Gasteiger partial charge in [-0.05, 0) is 75.5 Å². The summed E-state index contributed by atoms with van der Waals surface area (Å²) in [7, 11) is -2.23. The van der Waals surface area contributed by atoms with E-state index >= 15 is 0 Å². The highest BCUT2D eigenvalue weighted by Gasteiger charge is 2.40. The summed E-state index contributed by atoms with van der Waals surface area (Å²) in [6.07, 6.45) is 5.06. The van der Waals surface area contributed by atoms with Crippen LogP contribution in [0.5, 0.6) is 5.75 Å². The Morgan fingerprint density at radius 1 is 1.07 bits per heavy atom. The fourth-order valence-electron chi connectivity index (χ4n) is 4.24. The number of aryl methyl sites for hydroxylation is 1. The predicted molar refractivity (Wildman–Crippen MR) is 111 cm³/mol. The van der Waals surface area contributed by atoms with Crippen LogP contribution in [0.3, 0.4) is 0 Å². The Bertz CT molecular complexity index is 1120. The summed E-state index contributed by atoms with van der Waals surface area (Å²) < 4.78 is 14.6. The molecule has 0 fully saturated rings. The molecule has 4 rings (SSSR count). The van der Waals surface area contributed by atoms with Crippen molar-refractivity contribution >= 4 is 24.6 Å². The third-order valence-corrected chi connectivity index (χ3v) is 9.23. The molecular formula is C23H21FO3Si. The number of allylic oxidation sites excluding steroid dienone is 5. The number of aromatic hydroxyl groups is 1. The molecule has 2 aliphatic rings. The van der Waals surface area contributed by atoms with E-state index in [1.165, 1.54) is 6.07 Å². The average Bonchev–Trinajstić information content (AvgIpc) is 2.65. The molecule has 2 N–H and O–H groups in total. The molecule has 0 unspecified atom stereocenters. The molecule has 1 aliphatic carbocycles. The predicted octanol–water partition coefficient (Wildman–Crippen LogP) is 3.67. The van der Waals surface area contributed by atoms with Crippen molar-refractivity contribution in [3.8, 4) is 5.75 Å². The van der Waals surface area contributed by atoms with Gasteiger partial charge >= 0.3 is 0 Å². The van der Waals surface area contributed by atoms with Crippen molar-refractivity contribution in [1.82, 2.24) is 0 Å². The van der Waals surface area contributed by atoms with Crippen LogP contribution in [0.25, 0.3) is 5.57 Å². The molecular weight excluding hydrogens is 371 g/mol. The maximum Gasteiger partial charge on any atom is 0.178 e. The molecule has 0 aromatic heterocycles. The topological polar surface area (TPSA) is 57.5 Å². The fraction of sp³-hybridized carbons (Fsp3) is 0.174. The molecule has 0 amide bonds. The minimum atomic E-state index is -2.23. The molecule has 2 aromatic rings. The Balaban J connectivity index is 2.11. The second-order valence-corrected chi connectivity index (χ2v) is 12.2. The summed E-state index contributed by atoms with van der Waals surface area (Å²) in [6, 6.07) is 8.41. The number of aliphatic hydroxyl groups excluding tert-OH is 1. The van der Waals surface area contributed by atoms with Crippen LogP contribution in [0.1, 0.15) is 22.3 Å². The van der Waals surface area contributed by atoms with Gasteiger partial charge in [0.15, 0.2) is 5.78 Å². The summed E-state index contributed by atoms with van der Waals surface area (Å²) >= 11 is 0. The van der Waals surface area contributed by atoms with Crippen molar-refractivity contribution in [2.75, 3.05) is 0 Å². The Labute approximate surface area is 164 Å². The first-order valence-corrected chi connectivity index (χ1v) is 12.2. The zero-order valence-corrected chi connectivity index (χ0v) is 17.0. The minimum absolute atomic E-state index is 0.0548. The Hall–Kier alpha value is -2.76. The quantitative estimate of drug-likeness (QED) is 0.767. The number of hydrogen-bond acceptors (Lipinski definition) is 3. The van der Waals surface area contributed by atoms with E-state index in [0.29, 0.717) is 0 Å². The van der Waals surface area contributed by atoms with E-state index in [9.17, 15) is 19.4 Å². The molecule has 142 valence electrons. The molecule has 1 aliphatic heterocycles. The van der Waals surface area contributed by atoms with Gasteiger partial charge in [0.25, 0.3) is 0 Å². The van der Waals surface area contributed by atoms with Crippen molar-refractivity contribution < 1.29 is 19.4 Å². The second kappa shape index (κ2) is 6.40. The van der Waals surface area contributed by atoms with Crippen molar-refractivity contribution in [2.24, 2.45) is 0 Å². The minimum Gasteiger partial charge on any atom is -0.508 e. The number of rotatable bonds is 2. The number of carbonyl (C=O) groups excluding carboxylic acids is 1. The summed E-state index contributed by atoms with van der Waals surface area (Å²) in [5.41, 5.74) is 4.59. The van der Waals surface area contributed by atoms with Crippen molar-refractivity contribution in [1.29, 1.82) is 0 Å². The largest absolute Gasteiger partial charge is 0.508 e. The summed E-state index contributed by atoms with van der Waals surface area (Å²) in [5, 5.41) is 21.5. The van der Waals surface area contributed by atoms with E-state index in [4.69, 9.17) is 0 Å². The lowest BCUT2D eigenvalue weighted by molar-refractivity contribution is -0.110. The van der Waals surface area contributed by atoms with Crippen molar-refractivity contribution in [3.05, 3.63) is 87.4 Å². The Morgan fingerprint density at radius 2 is 1.82 bits per heavy atom. The van der Waals surface area contributed by atoms with Crippen LogP contribution in [0, 0.1) is 12.7 Å². The molecule has 0 spiro atoms. The van der Waals surface area contributed by atoms with Crippen LogP contribution in [-0.4, -0.2) is 24.1 Å². The third-order valence-electron chi connectivity index (χ3n) is 5.71. The SMILES string of the molecule is Cc1cc(CO)c(F)cc1C1=C2C=CC(=O)C=C2[Si](C)(C)c2cc(O)ccc21. The first-order chi connectivity index (χ1) is 13.2. The van der Waals surface area contributed by atoms with E-state index < -0.39 is 13.9 Å². The molecule has 0 atom stereocenters.